The van der Waals surface area contributed by atoms with Crippen LogP contribution in [0.5, 0.6) is 0 Å². The van der Waals surface area contributed by atoms with Crippen molar-refractivity contribution < 1.29 is 19.4 Å². The fraction of sp³-hybridized carbons (Fsp3) is 0.111. The lowest BCUT2D eigenvalue weighted by Crippen LogP contribution is -2.02. The number of carboxylic acids is 1. The predicted molar refractivity (Wildman–Crippen MR) is 47.3 cm³/mol. The maximum atomic E-state index is 12.8. The molecule has 1 aromatic heterocycles. The summed E-state index contributed by atoms with van der Waals surface area (Å²) in [6.45, 7) is -0.167. The first-order chi connectivity index (χ1) is 6.65. The summed E-state index contributed by atoms with van der Waals surface area (Å²) in [7, 11) is 0. The molecule has 0 saturated carbocycles. The van der Waals surface area contributed by atoms with Crippen LogP contribution in [0.15, 0.2) is 18.3 Å². The third kappa shape index (κ3) is 2.37. The van der Waals surface area contributed by atoms with Gasteiger partial charge in [0.15, 0.2) is 0 Å². The molecule has 0 fully saturated rings. The Labute approximate surface area is 79.3 Å². The lowest BCUT2D eigenvalue weighted by molar-refractivity contribution is 0.0690. The second kappa shape index (κ2) is 4.48. The number of aliphatic hydroxyl groups excluding tert-OH is 1. The predicted octanol–water partition coefficient (Wildman–Crippen LogP) is 0.924. The minimum Gasteiger partial charge on any atom is -0.478 e. The number of rotatable bonds is 3. The average molecular weight is 197 g/mol. The highest BCUT2D eigenvalue weighted by Gasteiger charge is 2.10. The summed E-state index contributed by atoms with van der Waals surface area (Å²) in [6, 6.07) is 1.15. The van der Waals surface area contributed by atoms with E-state index in [1.165, 1.54) is 18.3 Å². The van der Waals surface area contributed by atoms with E-state index < -0.39 is 17.5 Å². The second-order valence-electron chi connectivity index (χ2n) is 2.50. The van der Waals surface area contributed by atoms with Crippen LogP contribution in [0.2, 0.25) is 0 Å². The van der Waals surface area contributed by atoms with Crippen LogP contribution in [0.3, 0.4) is 0 Å². The fourth-order valence-electron chi connectivity index (χ4n) is 0.894. The topological polar surface area (TPSA) is 70.4 Å². The van der Waals surface area contributed by atoms with Gasteiger partial charge >= 0.3 is 5.97 Å². The molecule has 1 heterocycles. The average Bonchev–Trinajstić information content (AvgIpc) is 2.16. The van der Waals surface area contributed by atoms with Gasteiger partial charge in [-0.2, -0.15) is 4.39 Å². The summed E-state index contributed by atoms with van der Waals surface area (Å²) in [5.41, 5.74) is -0.0528. The summed E-state index contributed by atoms with van der Waals surface area (Å²) < 4.78 is 12.8. The first kappa shape index (κ1) is 10.3. The Kier molecular flexibility index (Phi) is 3.30. The van der Waals surface area contributed by atoms with E-state index in [-0.39, 0.29) is 6.61 Å². The van der Waals surface area contributed by atoms with Crippen molar-refractivity contribution in [3.05, 3.63) is 35.4 Å². The van der Waals surface area contributed by atoms with E-state index in [2.05, 4.69) is 4.98 Å². The van der Waals surface area contributed by atoms with Crippen LogP contribution in [-0.4, -0.2) is 27.8 Å². The molecule has 0 bridgehead atoms. The van der Waals surface area contributed by atoms with E-state index in [4.69, 9.17) is 10.2 Å². The second-order valence-corrected chi connectivity index (χ2v) is 2.50. The van der Waals surface area contributed by atoms with Crippen molar-refractivity contribution in [3.63, 3.8) is 0 Å². The zero-order valence-electron chi connectivity index (χ0n) is 7.14. The number of carboxylic acid groups (broad SMARTS) is 1. The largest absolute Gasteiger partial charge is 0.478 e. The molecular formula is C9H8FNO3. The number of aromatic carboxylic acids is 1. The van der Waals surface area contributed by atoms with Gasteiger partial charge in [0, 0.05) is 6.20 Å². The highest BCUT2D eigenvalue weighted by Crippen LogP contribution is 2.08. The van der Waals surface area contributed by atoms with Gasteiger partial charge in [0.1, 0.15) is 5.56 Å². The van der Waals surface area contributed by atoms with Gasteiger partial charge in [-0.3, -0.25) is 0 Å². The van der Waals surface area contributed by atoms with Crippen molar-refractivity contribution >= 4 is 12.0 Å². The number of halogens is 1. The van der Waals surface area contributed by atoms with Crippen molar-refractivity contribution in [1.29, 1.82) is 0 Å². The molecule has 0 aliphatic rings. The smallest absolute Gasteiger partial charge is 0.340 e. The summed E-state index contributed by atoms with van der Waals surface area (Å²) >= 11 is 0. The Balaban J connectivity index is 3.06. The molecule has 0 amide bonds. The molecule has 74 valence electrons. The lowest BCUT2D eigenvalue weighted by Gasteiger charge is -1.97. The summed E-state index contributed by atoms with van der Waals surface area (Å²) in [4.78, 5) is 13.8. The third-order valence-corrected chi connectivity index (χ3v) is 1.51. The quantitative estimate of drug-likeness (QED) is 0.707. The van der Waals surface area contributed by atoms with Crippen molar-refractivity contribution in [2.45, 2.75) is 0 Å². The SMILES string of the molecule is O=C(O)c1cc(C=CCO)cnc1F. The minimum absolute atomic E-state index is 0.167. The molecule has 0 saturated heterocycles. The molecule has 14 heavy (non-hydrogen) atoms. The highest BCUT2D eigenvalue weighted by atomic mass is 19.1. The van der Waals surface area contributed by atoms with Gasteiger partial charge in [0.2, 0.25) is 5.95 Å². The number of aliphatic hydroxyl groups is 1. The molecule has 5 heteroatoms. The minimum atomic E-state index is -1.37. The van der Waals surface area contributed by atoms with Crippen LogP contribution < -0.4 is 0 Å². The number of hydrogen-bond donors (Lipinski definition) is 2. The van der Waals surface area contributed by atoms with Crippen LogP contribution in [0.4, 0.5) is 4.39 Å². The van der Waals surface area contributed by atoms with Crippen molar-refractivity contribution in [2.75, 3.05) is 6.61 Å². The zero-order valence-corrected chi connectivity index (χ0v) is 7.14. The maximum Gasteiger partial charge on any atom is 0.340 e. The van der Waals surface area contributed by atoms with Gasteiger partial charge in [-0.1, -0.05) is 12.2 Å². The number of nitrogens with zero attached hydrogens (tertiary/aromatic N) is 1. The van der Waals surface area contributed by atoms with Crippen molar-refractivity contribution in [3.8, 4) is 0 Å². The van der Waals surface area contributed by atoms with E-state index in [1.807, 2.05) is 0 Å². The van der Waals surface area contributed by atoms with Crippen molar-refractivity contribution in [2.24, 2.45) is 0 Å². The monoisotopic (exact) mass is 197 g/mol. The van der Waals surface area contributed by atoms with Gasteiger partial charge in [0.05, 0.1) is 6.61 Å². The van der Waals surface area contributed by atoms with Crippen LogP contribution in [0.25, 0.3) is 6.08 Å². The first-order valence-corrected chi connectivity index (χ1v) is 3.81. The normalized spacial score (nSPS) is 10.7. The molecule has 0 spiro atoms. The van der Waals surface area contributed by atoms with Gasteiger partial charge < -0.3 is 10.2 Å². The van der Waals surface area contributed by atoms with Crippen LogP contribution in [0.1, 0.15) is 15.9 Å². The van der Waals surface area contributed by atoms with Gasteiger partial charge in [-0.15, -0.1) is 0 Å². The molecule has 0 unspecified atom stereocenters. The molecule has 4 nitrogen and oxygen atoms in total. The number of pyridine rings is 1. The molecule has 0 aliphatic carbocycles. The maximum absolute atomic E-state index is 12.8. The lowest BCUT2D eigenvalue weighted by atomic mass is 10.2. The Morgan fingerprint density at radius 3 is 2.93 bits per heavy atom. The Morgan fingerprint density at radius 1 is 1.64 bits per heavy atom. The van der Waals surface area contributed by atoms with Gasteiger partial charge in [-0.25, -0.2) is 9.78 Å². The van der Waals surface area contributed by atoms with Gasteiger partial charge in [0.25, 0.3) is 0 Å². The van der Waals surface area contributed by atoms with Crippen LogP contribution in [0, 0.1) is 5.95 Å². The Morgan fingerprint density at radius 2 is 2.36 bits per heavy atom. The zero-order chi connectivity index (χ0) is 10.6. The molecule has 0 atom stereocenters. The Hall–Kier alpha value is -1.75. The van der Waals surface area contributed by atoms with E-state index in [1.54, 1.807) is 0 Å². The Bertz CT molecular complexity index is 376. The van der Waals surface area contributed by atoms with E-state index in [0.29, 0.717) is 5.56 Å². The summed E-state index contributed by atoms with van der Waals surface area (Å²) in [5, 5.41) is 17.0. The first-order valence-electron chi connectivity index (χ1n) is 3.81. The number of carbonyl (C=O) groups is 1. The van der Waals surface area contributed by atoms with E-state index >= 15 is 0 Å². The molecule has 2 N–H and O–H groups in total. The molecule has 1 aromatic rings. The number of hydrogen-bond acceptors (Lipinski definition) is 3. The molecular weight excluding hydrogens is 189 g/mol. The molecule has 0 radical (unpaired) electrons. The van der Waals surface area contributed by atoms with E-state index in [0.717, 1.165) is 6.07 Å². The van der Waals surface area contributed by atoms with Crippen LogP contribution in [-0.2, 0) is 0 Å². The molecule has 0 aromatic carbocycles. The standard InChI is InChI=1S/C9H8FNO3/c10-8-7(9(13)14)4-6(5-11-8)2-1-3-12/h1-2,4-5,12H,3H2,(H,13,14). The highest BCUT2D eigenvalue weighted by molar-refractivity contribution is 5.88. The fourth-order valence-corrected chi connectivity index (χ4v) is 0.894. The molecule has 1 rings (SSSR count). The third-order valence-electron chi connectivity index (χ3n) is 1.51. The summed E-state index contributed by atoms with van der Waals surface area (Å²) in [6.07, 6.45) is 4.05. The number of aromatic nitrogens is 1. The van der Waals surface area contributed by atoms with Crippen molar-refractivity contribution in [1.82, 2.24) is 4.98 Å². The van der Waals surface area contributed by atoms with E-state index in [9.17, 15) is 9.18 Å². The van der Waals surface area contributed by atoms with Crippen LogP contribution >= 0.6 is 0 Å². The van der Waals surface area contributed by atoms with Gasteiger partial charge in [-0.05, 0) is 11.6 Å². The molecule has 0 aliphatic heterocycles. The summed E-state index contributed by atoms with van der Waals surface area (Å²) in [5.74, 6) is -2.38.